The zero-order valence-corrected chi connectivity index (χ0v) is 31.9. The van der Waals surface area contributed by atoms with E-state index in [9.17, 15) is 0 Å². The number of rotatable bonds is 0. The van der Waals surface area contributed by atoms with E-state index in [1.807, 2.05) is 97.1 Å². The summed E-state index contributed by atoms with van der Waals surface area (Å²) in [5, 5.41) is 35.6. The average molecular weight is 845 g/mol. The van der Waals surface area contributed by atoms with Crippen LogP contribution in [0.15, 0.2) is 122 Å². The molecular formula is C36H38Co2N8O9. The van der Waals surface area contributed by atoms with Crippen molar-refractivity contribution in [3.63, 3.8) is 0 Å². The number of aromatic amines is 4. The Morgan fingerprint density at radius 2 is 0.527 bits per heavy atom. The van der Waals surface area contributed by atoms with Crippen LogP contribution in [-0.4, -0.2) is 69.2 Å². The van der Waals surface area contributed by atoms with Crippen LogP contribution in [0.3, 0.4) is 0 Å². The molecule has 0 saturated carbocycles. The monoisotopic (exact) mass is 844 g/mol. The number of aliphatic carboxylic acids is 4. The molecule has 0 aliphatic heterocycles. The van der Waals surface area contributed by atoms with Gasteiger partial charge in [-0.05, 0) is 76.2 Å². The van der Waals surface area contributed by atoms with E-state index in [-0.39, 0.29) is 39.0 Å². The van der Waals surface area contributed by atoms with Crippen LogP contribution in [0, 0.1) is 0 Å². The Morgan fingerprint density at radius 3 is 0.673 bits per heavy atom. The second-order valence-electron chi connectivity index (χ2n) is 9.65. The van der Waals surface area contributed by atoms with Gasteiger partial charge in [0.05, 0.1) is 69.4 Å². The molecule has 0 saturated heterocycles. The van der Waals surface area contributed by atoms with Crippen LogP contribution in [0.25, 0.3) is 44.1 Å². The van der Waals surface area contributed by atoms with Gasteiger partial charge in [0.15, 0.2) is 0 Å². The molecule has 8 rings (SSSR count). The molecule has 55 heavy (non-hydrogen) atoms. The zero-order valence-electron chi connectivity index (χ0n) is 29.8. The van der Waals surface area contributed by atoms with Gasteiger partial charge in [-0.1, -0.05) is 48.5 Å². The first-order valence-electron chi connectivity index (χ1n) is 15.0. The molecule has 4 aromatic carbocycles. The number of carbonyl (C=O) groups is 4. The number of imidazole rings is 4. The maximum absolute atomic E-state index is 8.89. The largest absolute Gasteiger partial charge is 2.00 e. The Balaban J connectivity index is -0.000000575. The van der Waals surface area contributed by atoms with Gasteiger partial charge in [-0.2, -0.15) is 0 Å². The van der Waals surface area contributed by atoms with Crippen LogP contribution in [0.5, 0.6) is 0 Å². The summed E-state index contributed by atoms with van der Waals surface area (Å²) in [6.45, 7) is 3.89. The van der Waals surface area contributed by atoms with Gasteiger partial charge in [-0.15, -0.1) is 0 Å². The molecule has 294 valence electrons. The second-order valence-corrected chi connectivity index (χ2v) is 9.65. The second kappa shape index (κ2) is 31.2. The van der Waals surface area contributed by atoms with Gasteiger partial charge < -0.3 is 65.0 Å². The molecule has 0 bridgehead atoms. The fraction of sp³-hybridized carbons (Fsp3) is 0.111. The molecule has 0 amide bonds. The summed E-state index contributed by atoms with van der Waals surface area (Å²) in [6.07, 6.45) is 6.80. The SMILES string of the molecule is CC(=O)[O-].CC(=O)[O-].CC(=O)[O-].CC(=O)[O-].O.[Co+2].[Co+2].c1ccc2[nH]cnc2c1.c1ccc2[nH]cnc2c1.c1ccc2[nH]cnc2c1.c1ccc2[nH]cnc2c1. The molecule has 19 heteroatoms. The van der Waals surface area contributed by atoms with Crippen molar-refractivity contribution >= 4 is 68.0 Å². The molecule has 0 aliphatic rings. The molecule has 0 aliphatic carbocycles. The number of nitrogens with one attached hydrogen (secondary N) is 4. The van der Waals surface area contributed by atoms with Crippen LogP contribution in [0.4, 0.5) is 0 Å². The third-order valence-electron chi connectivity index (χ3n) is 5.31. The fourth-order valence-electron chi connectivity index (χ4n) is 3.52. The Hall–Kier alpha value is -6.39. The molecule has 0 spiro atoms. The molecule has 0 fully saturated rings. The van der Waals surface area contributed by atoms with E-state index in [0.717, 1.165) is 71.8 Å². The minimum Gasteiger partial charge on any atom is -0.550 e. The van der Waals surface area contributed by atoms with Crippen LogP contribution in [0.1, 0.15) is 27.7 Å². The van der Waals surface area contributed by atoms with Gasteiger partial charge in [0.1, 0.15) is 0 Å². The number of para-hydroxylation sites is 8. The minimum absolute atomic E-state index is 0. The van der Waals surface area contributed by atoms with E-state index < -0.39 is 23.9 Å². The number of benzene rings is 4. The van der Waals surface area contributed by atoms with Crippen molar-refractivity contribution < 1.29 is 78.6 Å². The Bertz CT molecular complexity index is 1770. The molecule has 2 radical (unpaired) electrons. The fourth-order valence-corrected chi connectivity index (χ4v) is 3.52. The number of fused-ring (bicyclic) bond motifs is 4. The Labute approximate surface area is 335 Å². The number of carboxylic acid groups (broad SMARTS) is 4. The zero-order chi connectivity index (χ0) is 38.7. The molecule has 8 aromatic rings. The topological polar surface area (TPSA) is 307 Å². The van der Waals surface area contributed by atoms with Gasteiger partial charge in [0.25, 0.3) is 0 Å². The first-order valence-corrected chi connectivity index (χ1v) is 15.0. The van der Waals surface area contributed by atoms with E-state index >= 15 is 0 Å². The van der Waals surface area contributed by atoms with Crippen molar-refractivity contribution in [2.75, 3.05) is 0 Å². The first kappa shape index (κ1) is 53.0. The Kier molecular flexibility index (Phi) is 30.0. The molecular weight excluding hydrogens is 806 g/mol. The van der Waals surface area contributed by atoms with Crippen LogP contribution in [0.2, 0.25) is 0 Å². The minimum atomic E-state index is -1.08. The van der Waals surface area contributed by atoms with Crippen molar-refractivity contribution in [3.8, 4) is 0 Å². The van der Waals surface area contributed by atoms with Crippen LogP contribution in [-0.2, 0) is 52.7 Å². The van der Waals surface area contributed by atoms with Gasteiger partial charge >= 0.3 is 33.6 Å². The summed E-state index contributed by atoms with van der Waals surface area (Å²) in [5.74, 6) is -4.33. The van der Waals surface area contributed by atoms with E-state index in [1.165, 1.54) is 0 Å². The van der Waals surface area contributed by atoms with Gasteiger partial charge in [-0.3, -0.25) is 0 Å². The van der Waals surface area contributed by atoms with Crippen LogP contribution >= 0.6 is 0 Å². The van der Waals surface area contributed by atoms with Crippen molar-refractivity contribution in [2.24, 2.45) is 0 Å². The average Bonchev–Trinajstić information content (AvgIpc) is 3.91. The van der Waals surface area contributed by atoms with E-state index in [2.05, 4.69) is 39.9 Å². The summed E-state index contributed by atoms with van der Waals surface area (Å²) in [6, 6.07) is 31.8. The molecule has 0 atom stereocenters. The van der Waals surface area contributed by atoms with E-state index in [0.29, 0.717) is 0 Å². The summed E-state index contributed by atoms with van der Waals surface area (Å²) in [7, 11) is 0. The van der Waals surface area contributed by atoms with Gasteiger partial charge in [-0.25, -0.2) is 19.9 Å². The normalized spacial score (nSPS) is 8.51. The van der Waals surface area contributed by atoms with E-state index in [1.54, 1.807) is 25.3 Å². The molecule has 6 N–H and O–H groups in total. The standard InChI is InChI=1S/4C7H6N2.4C2H4O2.2Co.H2O/c4*1-2-4-7-6(3-1)8-5-9-7;4*1-2(3)4;;;/h4*1-5H,(H,8,9);4*1H3,(H,3,4);;;1H2/q;;;;;;;;2*+2;/p-4. The summed E-state index contributed by atoms with van der Waals surface area (Å²) >= 11 is 0. The van der Waals surface area contributed by atoms with Gasteiger partial charge in [0.2, 0.25) is 0 Å². The molecule has 4 heterocycles. The Morgan fingerprint density at radius 1 is 0.382 bits per heavy atom. The number of carboxylic acids is 4. The smallest absolute Gasteiger partial charge is 0.550 e. The van der Waals surface area contributed by atoms with Crippen molar-refractivity contribution in [3.05, 3.63) is 122 Å². The van der Waals surface area contributed by atoms with Crippen LogP contribution < -0.4 is 20.4 Å². The van der Waals surface area contributed by atoms with E-state index in [4.69, 9.17) is 39.6 Å². The third-order valence-corrected chi connectivity index (χ3v) is 5.31. The number of carbonyl (C=O) groups excluding carboxylic acids is 4. The molecule has 17 nitrogen and oxygen atoms in total. The maximum Gasteiger partial charge on any atom is 2.00 e. The molecule has 0 unspecified atom stereocenters. The number of H-pyrrole nitrogens is 4. The van der Waals surface area contributed by atoms with Crippen molar-refractivity contribution in [1.82, 2.24) is 39.9 Å². The van der Waals surface area contributed by atoms with Crippen molar-refractivity contribution in [1.29, 1.82) is 0 Å². The predicted molar refractivity (Wildman–Crippen MR) is 191 cm³/mol. The maximum atomic E-state index is 8.89. The summed E-state index contributed by atoms with van der Waals surface area (Å²) in [4.78, 5) is 63.8. The number of hydrogen-bond donors (Lipinski definition) is 4. The first-order chi connectivity index (χ1) is 24.8. The molecule has 4 aromatic heterocycles. The predicted octanol–water partition coefficient (Wildman–Crippen LogP) is 0.447. The van der Waals surface area contributed by atoms with Crippen molar-refractivity contribution in [2.45, 2.75) is 27.7 Å². The number of hydrogen-bond acceptors (Lipinski definition) is 12. The number of aromatic nitrogens is 8. The third kappa shape index (κ3) is 26.1. The summed E-state index contributed by atoms with van der Waals surface area (Å²) < 4.78 is 0. The number of nitrogens with zero attached hydrogens (tertiary/aromatic N) is 4. The van der Waals surface area contributed by atoms with Gasteiger partial charge in [0, 0.05) is 23.9 Å². The summed E-state index contributed by atoms with van der Waals surface area (Å²) in [5.41, 5.74) is 8.48. The quantitative estimate of drug-likeness (QED) is 0.162.